The van der Waals surface area contributed by atoms with Crippen molar-refractivity contribution in [2.75, 3.05) is 0 Å². The maximum Gasteiger partial charge on any atom is 0.305 e. The van der Waals surface area contributed by atoms with Crippen LogP contribution in [-0.4, -0.2) is 16.8 Å². The number of amides is 2. The van der Waals surface area contributed by atoms with Crippen LogP contribution in [-0.2, 0) is 0 Å². The number of para-hydroxylation sites is 1. The van der Waals surface area contributed by atoms with Crippen LogP contribution in [0.15, 0.2) is 59.3 Å². The summed E-state index contributed by atoms with van der Waals surface area (Å²) in [5.41, 5.74) is 5.56. The summed E-state index contributed by atoms with van der Waals surface area (Å²) in [4.78, 5) is 27.5. The molecule has 2 amide bonds. The SMILES string of the molecule is O=C(NNC(=O)c1cc2ccccc2o1)c1cccnc1. The van der Waals surface area contributed by atoms with Crippen molar-refractivity contribution in [3.63, 3.8) is 0 Å². The second-order valence-electron chi connectivity index (χ2n) is 4.30. The standard InChI is InChI=1S/C15H11N3O3/c19-14(11-5-3-7-16-9-11)17-18-15(20)13-8-10-4-1-2-6-12(10)21-13/h1-9H,(H,17,19)(H,18,20). The minimum Gasteiger partial charge on any atom is -0.451 e. The number of nitrogens with one attached hydrogen (secondary N) is 2. The molecule has 0 aliphatic rings. The molecule has 3 aromatic rings. The van der Waals surface area contributed by atoms with E-state index >= 15 is 0 Å². The average Bonchev–Trinajstić information content (AvgIpc) is 2.97. The highest BCUT2D eigenvalue weighted by Gasteiger charge is 2.13. The Morgan fingerprint density at radius 2 is 1.81 bits per heavy atom. The van der Waals surface area contributed by atoms with E-state index in [1.165, 1.54) is 6.20 Å². The maximum atomic E-state index is 11.9. The van der Waals surface area contributed by atoms with Crippen molar-refractivity contribution in [1.29, 1.82) is 0 Å². The summed E-state index contributed by atoms with van der Waals surface area (Å²) in [6.07, 6.45) is 2.96. The van der Waals surface area contributed by atoms with Crippen molar-refractivity contribution in [1.82, 2.24) is 15.8 Å². The summed E-state index contributed by atoms with van der Waals surface area (Å²) < 4.78 is 5.39. The monoisotopic (exact) mass is 281 g/mol. The molecule has 0 bridgehead atoms. The molecule has 6 nitrogen and oxygen atoms in total. The van der Waals surface area contributed by atoms with E-state index in [0.717, 1.165) is 5.39 Å². The first kappa shape index (κ1) is 12.9. The van der Waals surface area contributed by atoms with Crippen LogP contribution in [0, 0.1) is 0 Å². The Kier molecular flexibility index (Phi) is 3.34. The first-order valence-electron chi connectivity index (χ1n) is 6.23. The molecule has 0 saturated heterocycles. The van der Waals surface area contributed by atoms with E-state index in [2.05, 4.69) is 15.8 Å². The summed E-state index contributed by atoms with van der Waals surface area (Å²) in [6.45, 7) is 0. The minimum atomic E-state index is -0.525. The number of fused-ring (bicyclic) bond motifs is 1. The molecule has 1 aromatic carbocycles. The van der Waals surface area contributed by atoms with Gasteiger partial charge < -0.3 is 4.42 Å². The predicted octanol–water partition coefficient (Wildman–Crippen LogP) is 1.90. The van der Waals surface area contributed by atoms with Crippen LogP contribution >= 0.6 is 0 Å². The lowest BCUT2D eigenvalue weighted by Gasteiger charge is -2.05. The minimum absolute atomic E-state index is 0.127. The molecule has 0 fully saturated rings. The largest absolute Gasteiger partial charge is 0.451 e. The van der Waals surface area contributed by atoms with Gasteiger partial charge in [0.1, 0.15) is 5.58 Å². The number of pyridine rings is 1. The Hall–Kier alpha value is -3.15. The Balaban J connectivity index is 1.68. The number of benzene rings is 1. The lowest BCUT2D eigenvalue weighted by Crippen LogP contribution is -2.41. The van der Waals surface area contributed by atoms with E-state index in [9.17, 15) is 9.59 Å². The second kappa shape index (κ2) is 5.46. The van der Waals surface area contributed by atoms with Gasteiger partial charge in [-0.15, -0.1) is 0 Å². The summed E-state index contributed by atoms with van der Waals surface area (Å²) >= 11 is 0. The summed E-state index contributed by atoms with van der Waals surface area (Å²) in [5.74, 6) is -0.848. The van der Waals surface area contributed by atoms with Crippen LogP contribution < -0.4 is 10.9 Å². The topological polar surface area (TPSA) is 84.2 Å². The van der Waals surface area contributed by atoms with E-state index in [1.54, 1.807) is 30.5 Å². The molecule has 2 N–H and O–H groups in total. The Morgan fingerprint density at radius 1 is 1.00 bits per heavy atom. The third kappa shape index (κ3) is 2.74. The summed E-state index contributed by atoms with van der Waals surface area (Å²) in [6, 6.07) is 12.1. The number of hydrogen-bond donors (Lipinski definition) is 2. The molecular formula is C15H11N3O3. The van der Waals surface area contributed by atoms with Gasteiger partial charge >= 0.3 is 5.91 Å². The molecule has 2 aromatic heterocycles. The number of carbonyl (C=O) groups excluding carboxylic acids is 2. The van der Waals surface area contributed by atoms with Gasteiger partial charge in [-0.1, -0.05) is 18.2 Å². The van der Waals surface area contributed by atoms with Gasteiger partial charge in [0.2, 0.25) is 0 Å². The first-order chi connectivity index (χ1) is 10.2. The molecule has 0 saturated carbocycles. The number of nitrogens with zero attached hydrogens (tertiary/aromatic N) is 1. The fourth-order valence-electron chi connectivity index (χ4n) is 1.84. The molecule has 2 heterocycles. The second-order valence-corrected chi connectivity index (χ2v) is 4.30. The van der Waals surface area contributed by atoms with Gasteiger partial charge in [0.15, 0.2) is 5.76 Å². The van der Waals surface area contributed by atoms with E-state index in [-0.39, 0.29) is 5.76 Å². The molecule has 0 spiro atoms. The summed E-state index contributed by atoms with van der Waals surface area (Å²) in [7, 11) is 0. The molecule has 6 heteroatoms. The predicted molar refractivity (Wildman–Crippen MR) is 75.4 cm³/mol. The van der Waals surface area contributed by atoms with Crippen molar-refractivity contribution < 1.29 is 14.0 Å². The van der Waals surface area contributed by atoms with Gasteiger partial charge in [0, 0.05) is 17.8 Å². The zero-order chi connectivity index (χ0) is 14.7. The maximum absolute atomic E-state index is 11.9. The van der Waals surface area contributed by atoms with Crippen LogP contribution in [0.3, 0.4) is 0 Å². The Labute approximate surface area is 119 Å². The zero-order valence-corrected chi connectivity index (χ0v) is 10.9. The number of carbonyl (C=O) groups is 2. The highest BCUT2D eigenvalue weighted by atomic mass is 16.3. The van der Waals surface area contributed by atoms with Gasteiger partial charge in [0.25, 0.3) is 5.91 Å². The lowest BCUT2D eigenvalue weighted by atomic mass is 10.2. The number of hydrazine groups is 1. The number of hydrogen-bond acceptors (Lipinski definition) is 4. The lowest BCUT2D eigenvalue weighted by molar-refractivity contribution is 0.0832. The normalized spacial score (nSPS) is 10.3. The quantitative estimate of drug-likeness (QED) is 0.703. The molecule has 0 atom stereocenters. The number of aromatic nitrogens is 1. The zero-order valence-electron chi connectivity index (χ0n) is 10.9. The van der Waals surface area contributed by atoms with Crippen LogP contribution in [0.4, 0.5) is 0 Å². The van der Waals surface area contributed by atoms with Crippen LogP contribution in [0.1, 0.15) is 20.9 Å². The molecule has 21 heavy (non-hydrogen) atoms. The molecule has 104 valence electrons. The van der Waals surface area contributed by atoms with Crippen molar-refractivity contribution in [3.05, 3.63) is 66.2 Å². The van der Waals surface area contributed by atoms with E-state index in [0.29, 0.717) is 11.1 Å². The molecule has 3 rings (SSSR count). The molecule has 0 unspecified atom stereocenters. The third-order valence-electron chi connectivity index (χ3n) is 2.86. The van der Waals surface area contributed by atoms with Gasteiger partial charge in [0.05, 0.1) is 5.56 Å². The molecular weight excluding hydrogens is 270 g/mol. The van der Waals surface area contributed by atoms with Crippen molar-refractivity contribution in [3.8, 4) is 0 Å². The van der Waals surface area contributed by atoms with Gasteiger partial charge in [-0.25, -0.2) is 0 Å². The third-order valence-corrected chi connectivity index (χ3v) is 2.86. The first-order valence-corrected chi connectivity index (χ1v) is 6.23. The highest BCUT2D eigenvalue weighted by molar-refractivity contribution is 5.99. The van der Waals surface area contributed by atoms with E-state index in [4.69, 9.17) is 4.42 Å². The van der Waals surface area contributed by atoms with Crippen LogP contribution in [0.5, 0.6) is 0 Å². The molecule has 0 aliphatic carbocycles. The molecule has 0 aliphatic heterocycles. The summed E-state index contributed by atoms with van der Waals surface area (Å²) in [5, 5.41) is 0.821. The molecule has 0 radical (unpaired) electrons. The fourth-order valence-corrected chi connectivity index (χ4v) is 1.84. The number of rotatable bonds is 2. The van der Waals surface area contributed by atoms with Crippen LogP contribution in [0.2, 0.25) is 0 Å². The fraction of sp³-hybridized carbons (Fsp3) is 0. The van der Waals surface area contributed by atoms with E-state index in [1.807, 2.05) is 18.2 Å². The van der Waals surface area contributed by atoms with Crippen molar-refractivity contribution >= 4 is 22.8 Å². The highest BCUT2D eigenvalue weighted by Crippen LogP contribution is 2.18. The van der Waals surface area contributed by atoms with Crippen molar-refractivity contribution in [2.45, 2.75) is 0 Å². The average molecular weight is 281 g/mol. The van der Waals surface area contributed by atoms with Gasteiger partial charge in [-0.3, -0.25) is 25.4 Å². The smallest absolute Gasteiger partial charge is 0.305 e. The van der Waals surface area contributed by atoms with E-state index < -0.39 is 11.8 Å². The van der Waals surface area contributed by atoms with Crippen LogP contribution in [0.25, 0.3) is 11.0 Å². The van der Waals surface area contributed by atoms with Gasteiger partial charge in [-0.2, -0.15) is 0 Å². The van der Waals surface area contributed by atoms with Crippen molar-refractivity contribution in [2.24, 2.45) is 0 Å². The Morgan fingerprint density at radius 3 is 2.57 bits per heavy atom. The number of furan rings is 1. The van der Waals surface area contributed by atoms with Gasteiger partial charge in [-0.05, 0) is 24.3 Å². The Bertz CT molecular complexity index is 763.